The second-order valence-electron chi connectivity index (χ2n) is 4.32. The molecule has 0 amide bonds. The minimum Gasteiger partial charge on any atom is -0.329 e. The van der Waals surface area contributed by atoms with Crippen LogP contribution in [0.1, 0.15) is 47.0 Å². The van der Waals surface area contributed by atoms with E-state index in [9.17, 15) is 0 Å². The van der Waals surface area contributed by atoms with Gasteiger partial charge in [-0.15, -0.1) is 0 Å². The van der Waals surface area contributed by atoms with Crippen molar-refractivity contribution in [3.05, 3.63) is 0 Å². The summed E-state index contributed by atoms with van der Waals surface area (Å²) in [6, 6.07) is 0.625. The van der Waals surface area contributed by atoms with E-state index in [1.54, 1.807) is 0 Å². The predicted octanol–water partition coefficient (Wildman–Crippen LogP) is 2.23. The molecule has 0 aliphatic heterocycles. The monoisotopic (exact) mass is 186 g/mol. The summed E-state index contributed by atoms with van der Waals surface area (Å²) >= 11 is 0. The van der Waals surface area contributed by atoms with Gasteiger partial charge in [0.1, 0.15) is 0 Å². The number of likely N-dealkylation sites (N-methyl/N-ethyl adjacent to an activating group) is 1. The van der Waals surface area contributed by atoms with Crippen LogP contribution in [0.15, 0.2) is 0 Å². The van der Waals surface area contributed by atoms with Crippen LogP contribution < -0.4 is 5.73 Å². The molecule has 2 unspecified atom stereocenters. The molecule has 0 radical (unpaired) electrons. The van der Waals surface area contributed by atoms with Crippen LogP contribution >= 0.6 is 0 Å². The summed E-state index contributed by atoms with van der Waals surface area (Å²) in [6.45, 7) is 9.73. The molecule has 0 saturated heterocycles. The Morgan fingerprint density at radius 2 is 1.92 bits per heavy atom. The first kappa shape index (κ1) is 12.9. The lowest BCUT2D eigenvalue weighted by atomic mass is 9.92. The quantitative estimate of drug-likeness (QED) is 0.689. The summed E-state index contributed by atoms with van der Waals surface area (Å²) in [5, 5.41) is 0. The zero-order valence-corrected chi connectivity index (χ0v) is 9.93. The van der Waals surface area contributed by atoms with Gasteiger partial charge in [-0.2, -0.15) is 0 Å². The number of nitrogens with zero attached hydrogens (tertiary/aromatic N) is 1. The molecule has 0 aromatic carbocycles. The maximum Gasteiger partial charge on any atom is 0.0303 e. The van der Waals surface area contributed by atoms with Crippen molar-refractivity contribution in [2.45, 2.75) is 58.5 Å². The Labute approximate surface area is 83.5 Å². The molecule has 13 heavy (non-hydrogen) atoms. The summed E-state index contributed by atoms with van der Waals surface area (Å²) in [5.74, 6) is 0. The first-order valence-electron chi connectivity index (χ1n) is 5.44. The minimum atomic E-state index is 0.185. The summed E-state index contributed by atoms with van der Waals surface area (Å²) in [7, 11) is 2.19. The van der Waals surface area contributed by atoms with Gasteiger partial charge in [0.15, 0.2) is 0 Å². The van der Waals surface area contributed by atoms with Crippen LogP contribution in [-0.4, -0.2) is 30.1 Å². The molecule has 0 aliphatic carbocycles. The Morgan fingerprint density at radius 1 is 1.38 bits per heavy atom. The van der Waals surface area contributed by atoms with E-state index in [0.717, 1.165) is 6.54 Å². The molecule has 2 heteroatoms. The van der Waals surface area contributed by atoms with E-state index in [-0.39, 0.29) is 5.54 Å². The van der Waals surface area contributed by atoms with E-state index >= 15 is 0 Å². The summed E-state index contributed by atoms with van der Waals surface area (Å²) in [6.07, 6.45) is 3.58. The molecule has 0 heterocycles. The number of rotatable bonds is 6. The van der Waals surface area contributed by atoms with E-state index in [2.05, 4.69) is 39.6 Å². The van der Waals surface area contributed by atoms with Gasteiger partial charge in [0.05, 0.1) is 0 Å². The van der Waals surface area contributed by atoms with Crippen molar-refractivity contribution in [2.24, 2.45) is 5.73 Å². The zero-order chi connectivity index (χ0) is 10.5. The van der Waals surface area contributed by atoms with E-state index < -0.39 is 0 Å². The largest absolute Gasteiger partial charge is 0.329 e. The maximum absolute atomic E-state index is 5.84. The highest BCUT2D eigenvalue weighted by Gasteiger charge is 2.28. The molecular weight excluding hydrogens is 160 g/mol. The van der Waals surface area contributed by atoms with E-state index in [1.807, 2.05) is 0 Å². The van der Waals surface area contributed by atoms with Crippen LogP contribution in [0, 0.1) is 0 Å². The average molecular weight is 186 g/mol. The van der Waals surface area contributed by atoms with Gasteiger partial charge in [0.25, 0.3) is 0 Å². The van der Waals surface area contributed by atoms with E-state index in [4.69, 9.17) is 5.73 Å². The minimum absolute atomic E-state index is 0.185. The van der Waals surface area contributed by atoms with Crippen molar-refractivity contribution in [3.63, 3.8) is 0 Å². The van der Waals surface area contributed by atoms with Crippen LogP contribution in [0.4, 0.5) is 0 Å². The van der Waals surface area contributed by atoms with Crippen molar-refractivity contribution in [2.75, 3.05) is 13.6 Å². The van der Waals surface area contributed by atoms with E-state index in [0.29, 0.717) is 6.04 Å². The van der Waals surface area contributed by atoms with Crippen LogP contribution in [0.25, 0.3) is 0 Å². The lowest BCUT2D eigenvalue weighted by Gasteiger charge is -2.41. The fourth-order valence-electron chi connectivity index (χ4n) is 1.77. The number of hydrogen-bond acceptors (Lipinski definition) is 2. The zero-order valence-electron chi connectivity index (χ0n) is 9.93. The molecule has 80 valence electrons. The Morgan fingerprint density at radius 3 is 2.23 bits per heavy atom. The predicted molar refractivity (Wildman–Crippen MR) is 59.9 cm³/mol. The standard InChI is InChI=1S/C11H26N2/c1-6-8-11(4,9-12)13(5)10(3)7-2/h10H,6-9,12H2,1-5H3. The lowest BCUT2D eigenvalue weighted by Crippen LogP contribution is -2.52. The lowest BCUT2D eigenvalue weighted by molar-refractivity contribution is 0.0892. The third kappa shape index (κ3) is 3.28. The first-order chi connectivity index (χ1) is 6.01. The molecule has 0 saturated carbocycles. The normalized spacial score (nSPS) is 18.7. The second-order valence-corrected chi connectivity index (χ2v) is 4.32. The topological polar surface area (TPSA) is 29.3 Å². The highest BCUT2D eigenvalue weighted by molar-refractivity contribution is 4.87. The summed E-state index contributed by atoms with van der Waals surface area (Å²) < 4.78 is 0. The van der Waals surface area contributed by atoms with Crippen molar-refractivity contribution in [1.29, 1.82) is 0 Å². The molecule has 0 fully saturated rings. The smallest absolute Gasteiger partial charge is 0.0303 e. The second kappa shape index (κ2) is 5.61. The van der Waals surface area contributed by atoms with Gasteiger partial charge in [-0.1, -0.05) is 20.3 Å². The Kier molecular flexibility index (Phi) is 5.57. The summed E-state index contributed by atoms with van der Waals surface area (Å²) in [4.78, 5) is 2.43. The number of nitrogens with two attached hydrogens (primary N) is 1. The molecule has 0 rings (SSSR count). The van der Waals surface area contributed by atoms with Gasteiger partial charge >= 0.3 is 0 Å². The molecule has 2 atom stereocenters. The fourth-order valence-corrected chi connectivity index (χ4v) is 1.77. The Hall–Kier alpha value is -0.0800. The third-order valence-corrected chi connectivity index (χ3v) is 3.33. The highest BCUT2D eigenvalue weighted by atomic mass is 15.2. The van der Waals surface area contributed by atoms with Crippen molar-refractivity contribution < 1.29 is 0 Å². The van der Waals surface area contributed by atoms with Crippen LogP contribution in [0.3, 0.4) is 0 Å². The Balaban J connectivity index is 4.35. The molecule has 2 N–H and O–H groups in total. The molecule has 0 aromatic heterocycles. The summed E-state index contributed by atoms with van der Waals surface area (Å²) in [5.41, 5.74) is 6.03. The first-order valence-corrected chi connectivity index (χ1v) is 5.44. The number of hydrogen-bond donors (Lipinski definition) is 1. The molecule has 0 spiro atoms. The van der Waals surface area contributed by atoms with Crippen LogP contribution in [-0.2, 0) is 0 Å². The molecule has 2 nitrogen and oxygen atoms in total. The highest BCUT2D eigenvalue weighted by Crippen LogP contribution is 2.21. The molecular formula is C11H26N2. The Bertz CT molecular complexity index is 136. The van der Waals surface area contributed by atoms with Crippen molar-refractivity contribution >= 4 is 0 Å². The van der Waals surface area contributed by atoms with Gasteiger partial charge in [-0.25, -0.2) is 0 Å². The van der Waals surface area contributed by atoms with Gasteiger partial charge < -0.3 is 5.73 Å². The molecule has 0 aromatic rings. The maximum atomic E-state index is 5.84. The van der Waals surface area contributed by atoms with Gasteiger partial charge in [0.2, 0.25) is 0 Å². The van der Waals surface area contributed by atoms with Gasteiger partial charge in [0, 0.05) is 18.1 Å². The third-order valence-electron chi connectivity index (χ3n) is 3.33. The van der Waals surface area contributed by atoms with Crippen molar-refractivity contribution in [3.8, 4) is 0 Å². The van der Waals surface area contributed by atoms with Gasteiger partial charge in [-0.05, 0) is 33.7 Å². The molecule has 0 bridgehead atoms. The molecule has 0 aliphatic rings. The van der Waals surface area contributed by atoms with Crippen molar-refractivity contribution in [1.82, 2.24) is 4.90 Å². The van der Waals surface area contributed by atoms with Crippen LogP contribution in [0.5, 0.6) is 0 Å². The fraction of sp³-hybridized carbons (Fsp3) is 1.00. The average Bonchev–Trinajstić information content (AvgIpc) is 2.15. The van der Waals surface area contributed by atoms with Crippen LogP contribution in [0.2, 0.25) is 0 Å². The van der Waals surface area contributed by atoms with E-state index in [1.165, 1.54) is 19.3 Å². The van der Waals surface area contributed by atoms with Gasteiger partial charge in [-0.3, -0.25) is 4.90 Å². The SMILES string of the molecule is CCCC(C)(CN)N(C)C(C)CC.